The fourth-order valence-electron chi connectivity index (χ4n) is 6.62. The summed E-state index contributed by atoms with van der Waals surface area (Å²) in [6.45, 7) is 9.18. The third-order valence-electron chi connectivity index (χ3n) is 8.56. The fraction of sp³-hybridized carbons (Fsp3) is 0.581. The lowest BCUT2D eigenvalue weighted by Crippen LogP contribution is -2.48. The Balaban J connectivity index is 1.28. The van der Waals surface area contributed by atoms with Gasteiger partial charge in [-0.1, -0.05) is 24.3 Å². The molecule has 2 atom stereocenters. The second-order valence-electron chi connectivity index (χ2n) is 12.7. The van der Waals surface area contributed by atoms with E-state index in [9.17, 15) is 9.59 Å². The quantitative estimate of drug-likeness (QED) is 0.419. The number of hydrogen-bond donors (Lipinski definition) is 1. The molecular weight excluding hydrogens is 536 g/mol. The number of amides is 1. The molecule has 1 unspecified atom stereocenters. The van der Waals surface area contributed by atoms with Gasteiger partial charge in [-0.25, -0.2) is 19.4 Å². The van der Waals surface area contributed by atoms with Gasteiger partial charge < -0.3 is 24.4 Å². The van der Waals surface area contributed by atoms with Gasteiger partial charge in [-0.05, 0) is 70.4 Å². The molecule has 2 fully saturated rings. The lowest BCUT2D eigenvalue weighted by Gasteiger charge is -2.44. The molecule has 1 spiro atoms. The molecule has 42 heavy (non-hydrogen) atoms. The van der Waals surface area contributed by atoms with Gasteiger partial charge in [0, 0.05) is 32.0 Å². The number of nitrogens with zero attached hydrogens (tertiary/aromatic N) is 5. The standard InChI is InChI=1S/C31H40N6O5/c1-20(38)41-19-24-27(35-28-23(33-24)18-32-37(28)25-11-7-8-16-40-25)36-14-12-31(13-15-36)17-21-9-5-6-10-22(21)26(31)34-29(39)42-30(2,3)4/h5-6,9-10,18,25-26H,7-8,11-17,19H2,1-4H3,(H,34,39)/t25?,26-/m1/s1. The largest absolute Gasteiger partial charge is 0.459 e. The van der Waals surface area contributed by atoms with Gasteiger partial charge in [0.25, 0.3) is 0 Å². The van der Waals surface area contributed by atoms with Crippen LogP contribution in [0.1, 0.15) is 88.9 Å². The van der Waals surface area contributed by atoms with Crippen LogP contribution in [0.15, 0.2) is 30.5 Å². The summed E-state index contributed by atoms with van der Waals surface area (Å²) in [5.74, 6) is 0.329. The van der Waals surface area contributed by atoms with Gasteiger partial charge in [-0.2, -0.15) is 5.10 Å². The molecule has 1 aliphatic carbocycles. The Hall–Kier alpha value is -3.73. The van der Waals surface area contributed by atoms with Crippen molar-refractivity contribution in [2.75, 3.05) is 24.6 Å². The number of piperidine rings is 1. The molecule has 2 aliphatic heterocycles. The van der Waals surface area contributed by atoms with Crippen LogP contribution in [0.4, 0.5) is 10.6 Å². The molecule has 4 heterocycles. The second kappa shape index (κ2) is 11.2. The van der Waals surface area contributed by atoms with Crippen LogP contribution in [0.25, 0.3) is 11.2 Å². The first kappa shape index (κ1) is 28.4. The van der Waals surface area contributed by atoms with Crippen LogP contribution in [0, 0.1) is 5.41 Å². The fourth-order valence-corrected chi connectivity index (χ4v) is 6.62. The van der Waals surface area contributed by atoms with Crippen LogP contribution in [-0.2, 0) is 32.0 Å². The number of carbonyl (C=O) groups excluding carboxylic acids is 2. The summed E-state index contributed by atoms with van der Waals surface area (Å²) in [6, 6.07) is 8.21. The zero-order valence-electron chi connectivity index (χ0n) is 24.9. The Kier molecular flexibility index (Phi) is 7.55. The smallest absolute Gasteiger partial charge is 0.408 e. The molecule has 2 saturated heterocycles. The Labute approximate surface area is 245 Å². The van der Waals surface area contributed by atoms with Crippen LogP contribution in [0.2, 0.25) is 0 Å². The summed E-state index contributed by atoms with van der Waals surface area (Å²) in [4.78, 5) is 36.8. The Bertz CT molecular complexity index is 1470. The third-order valence-corrected chi connectivity index (χ3v) is 8.56. The van der Waals surface area contributed by atoms with E-state index in [0.29, 0.717) is 42.4 Å². The first-order valence-electron chi connectivity index (χ1n) is 14.9. The number of ether oxygens (including phenoxy) is 3. The van der Waals surface area contributed by atoms with Crippen molar-refractivity contribution in [3.8, 4) is 0 Å². The first-order chi connectivity index (χ1) is 20.1. The van der Waals surface area contributed by atoms with Crippen LogP contribution in [0.3, 0.4) is 0 Å². The van der Waals surface area contributed by atoms with E-state index >= 15 is 0 Å². The van der Waals surface area contributed by atoms with E-state index in [1.54, 1.807) is 6.20 Å². The van der Waals surface area contributed by atoms with Gasteiger partial charge in [-0.15, -0.1) is 0 Å². The van der Waals surface area contributed by atoms with Crippen molar-refractivity contribution >= 4 is 29.0 Å². The average Bonchev–Trinajstić information content (AvgIpc) is 3.50. The van der Waals surface area contributed by atoms with E-state index < -0.39 is 11.7 Å². The Morgan fingerprint density at radius 1 is 1.14 bits per heavy atom. The number of carbonyl (C=O) groups is 2. The zero-order valence-corrected chi connectivity index (χ0v) is 24.9. The zero-order chi connectivity index (χ0) is 29.5. The highest BCUT2D eigenvalue weighted by atomic mass is 16.6. The summed E-state index contributed by atoms with van der Waals surface area (Å²) >= 11 is 0. The van der Waals surface area contributed by atoms with Crippen molar-refractivity contribution in [1.29, 1.82) is 0 Å². The summed E-state index contributed by atoms with van der Waals surface area (Å²) in [7, 11) is 0. The minimum atomic E-state index is -0.580. The molecule has 6 rings (SSSR count). The molecule has 2 aromatic heterocycles. The molecule has 0 bridgehead atoms. The molecule has 11 heteroatoms. The maximum absolute atomic E-state index is 12.9. The lowest BCUT2D eigenvalue weighted by atomic mass is 9.72. The van der Waals surface area contributed by atoms with Crippen LogP contribution in [0.5, 0.6) is 0 Å². The van der Waals surface area contributed by atoms with Crippen molar-refractivity contribution in [2.45, 2.75) is 90.7 Å². The summed E-state index contributed by atoms with van der Waals surface area (Å²) < 4.78 is 18.9. The highest BCUT2D eigenvalue weighted by Gasteiger charge is 2.49. The number of rotatable bonds is 5. The SMILES string of the molecule is CC(=O)OCc1nc2cnn(C3CCCCO3)c2nc1N1CCC2(CC1)Cc1ccccc1[C@H]2NC(=O)OC(C)(C)C. The van der Waals surface area contributed by atoms with E-state index in [-0.39, 0.29) is 30.3 Å². The first-order valence-corrected chi connectivity index (χ1v) is 14.9. The number of anilines is 1. The monoisotopic (exact) mass is 576 g/mol. The van der Waals surface area contributed by atoms with Gasteiger partial charge >= 0.3 is 12.1 Å². The highest BCUT2D eigenvalue weighted by Crippen LogP contribution is 2.52. The Morgan fingerprint density at radius 3 is 2.64 bits per heavy atom. The maximum atomic E-state index is 12.9. The number of nitrogens with one attached hydrogen (secondary N) is 1. The van der Waals surface area contributed by atoms with Crippen LogP contribution in [-0.4, -0.2) is 57.1 Å². The topological polar surface area (TPSA) is 121 Å². The van der Waals surface area contributed by atoms with Gasteiger partial charge in [0.1, 0.15) is 23.4 Å². The average molecular weight is 577 g/mol. The summed E-state index contributed by atoms with van der Waals surface area (Å²) in [5, 5.41) is 7.80. The molecule has 3 aliphatic rings. The van der Waals surface area contributed by atoms with Gasteiger partial charge in [-0.3, -0.25) is 4.79 Å². The van der Waals surface area contributed by atoms with Crippen molar-refractivity contribution in [1.82, 2.24) is 25.1 Å². The number of esters is 1. The number of hydrogen-bond acceptors (Lipinski definition) is 9. The van der Waals surface area contributed by atoms with Crippen molar-refractivity contribution in [3.05, 3.63) is 47.3 Å². The molecule has 0 saturated carbocycles. The molecule has 1 N–H and O–H groups in total. The predicted octanol–water partition coefficient (Wildman–Crippen LogP) is 5.00. The normalized spacial score (nSPS) is 21.8. The number of benzene rings is 1. The second-order valence-corrected chi connectivity index (χ2v) is 12.7. The number of fused-ring (bicyclic) bond motifs is 2. The van der Waals surface area contributed by atoms with E-state index in [1.807, 2.05) is 31.5 Å². The summed E-state index contributed by atoms with van der Waals surface area (Å²) in [5.41, 5.74) is 3.62. The highest BCUT2D eigenvalue weighted by molar-refractivity contribution is 5.73. The van der Waals surface area contributed by atoms with E-state index in [0.717, 1.165) is 44.1 Å². The van der Waals surface area contributed by atoms with Crippen molar-refractivity contribution in [3.63, 3.8) is 0 Å². The van der Waals surface area contributed by atoms with Crippen LogP contribution < -0.4 is 10.2 Å². The number of aromatic nitrogens is 4. The minimum absolute atomic E-state index is 0.0363. The minimum Gasteiger partial charge on any atom is -0.459 e. The van der Waals surface area contributed by atoms with Crippen LogP contribution >= 0.6 is 0 Å². The maximum Gasteiger partial charge on any atom is 0.408 e. The molecule has 1 amide bonds. The predicted molar refractivity (Wildman–Crippen MR) is 156 cm³/mol. The van der Waals surface area contributed by atoms with E-state index in [1.165, 1.54) is 12.5 Å². The van der Waals surface area contributed by atoms with Gasteiger partial charge in [0.2, 0.25) is 0 Å². The third kappa shape index (κ3) is 5.66. The van der Waals surface area contributed by atoms with E-state index in [2.05, 4.69) is 33.5 Å². The lowest BCUT2D eigenvalue weighted by molar-refractivity contribution is -0.142. The molecule has 3 aromatic rings. The van der Waals surface area contributed by atoms with Gasteiger partial charge in [0.05, 0.1) is 12.2 Å². The molecule has 0 radical (unpaired) electrons. The van der Waals surface area contributed by atoms with Crippen molar-refractivity contribution in [2.24, 2.45) is 5.41 Å². The number of alkyl carbamates (subject to hydrolysis) is 1. The van der Waals surface area contributed by atoms with Crippen molar-refractivity contribution < 1.29 is 23.8 Å². The Morgan fingerprint density at radius 2 is 1.93 bits per heavy atom. The molecule has 1 aromatic carbocycles. The molecular formula is C31H40N6O5. The molecule has 11 nitrogen and oxygen atoms in total. The van der Waals surface area contributed by atoms with Gasteiger partial charge in [0.15, 0.2) is 17.7 Å². The molecule has 224 valence electrons. The van der Waals surface area contributed by atoms with E-state index in [4.69, 9.17) is 24.2 Å². The summed E-state index contributed by atoms with van der Waals surface area (Å²) in [6.07, 6.45) is 6.68.